The Morgan fingerprint density at radius 2 is 1.79 bits per heavy atom. The van der Waals surface area contributed by atoms with Gasteiger partial charge in [-0.05, 0) is 31.5 Å². The fourth-order valence-electron chi connectivity index (χ4n) is 3.52. The molecule has 0 unspecified atom stereocenters. The highest BCUT2D eigenvalue weighted by molar-refractivity contribution is 6.02. The molecule has 0 radical (unpaired) electrons. The van der Waals surface area contributed by atoms with Crippen molar-refractivity contribution in [2.45, 2.75) is 26.7 Å². The number of hydrogen-bond acceptors (Lipinski definition) is 4. The zero-order valence-corrected chi connectivity index (χ0v) is 16.4. The molecular formula is C23H25N2O3+. The Morgan fingerprint density at radius 3 is 2.43 bits per heavy atom. The van der Waals surface area contributed by atoms with Crippen LogP contribution in [-0.4, -0.2) is 42.4 Å². The fourth-order valence-corrected chi connectivity index (χ4v) is 3.52. The van der Waals surface area contributed by atoms with Gasteiger partial charge >= 0.3 is 0 Å². The number of carbonyl (C=O) groups is 1. The average Bonchev–Trinajstić information content (AvgIpc) is 2.71. The van der Waals surface area contributed by atoms with E-state index in [0.29, 0.717) is 31.1 Å². The molecule has 1 aliphatic heterocycles. The zero-order chi connectivity index (χ0) is 19.9. The van der Waals surface area contributed by atoms with Crippen LogP contribution in [0.25, 0.3) is 0 Å². The number of benzene rings is 2. The molecule has 2 aromatic rings. The maximum atomic E-state index is 12.7. The summed E-state index contributed by atoms with van der Waals surface area (Å²) in [5, 5.41) is 9.39. The Morgan fingerprint density at radius 1 is 1.11 bits per heavy atom. The van der Waals surface area contributed by atoms with Gasteiger partial charge in [-0.25, -0.2) is 4.58 Å². The van der Waals surface area contributed by atoms with E-state index in [1.807, 2.05) is 60.9 Å². The van der Waals surface area contributed by atoms with Crippen LogP contribution in [0.2, 0.25) is 0 Å². The van der Waals surface area contributed by atoms with Crippen molar-refractivity contribution in [1.29, 1.82) is 5.26 Å². The highest BCUT2D eigenvalue weighted by Gasteiger charge is 2.29. The van der Waals surface area contributed by atoms with Crippen molar-refractivity contribution < 1.29 is 18.8 Å². The van der Waals surface area contributed by atoms with Crippen LogP contribution in [0.5, 0.6) is 11.5 Å². The van der Waals surface area contributed by atoms with Gasteiger partial charge < -0.3 is 9.47 Å². The number of fused-ring (bicyclic) bond motifs is 1. The van der Waals surface area contributed by atoms with Gasteiger partial charge in [-0.2, -0.15) is 5.26 Å². The number of rotatable bonds is 8. The van der Waals surface area contributed by atoms with E-state index in [9.17, 15) is 10.1 Å². The number of carbonyl (C=O) groups excluding carboxylic acids is 1. The number of nitriles is 1. The Kier molecular flexibility index (Phi) is 6.44. The second kappa shape index (κ2) is 9.18. The van der Waals surface area contributed by atoms with E-state index >= 15 is 0 Å². The Bertz CT molecular complexity index is 927. The number of ketones is 1. The molecule has 0 fully saturated rings. The van der Waals surface area contributed by atoms with E-state index in [1.165, 1.54) is 0 Å². The fraction of sp³-hybridized carbons (Fsp3) is 0.348. The first-order chi connectivity index (χ1) is 13.7. The molecule has 144 valence electrons. The summed E-state index contributed by atoms with van der Waals surface area (Å²) in [4.78, 5) is 12.7. The van der Waals surface area contributed by atoms with Crippen LogP contribution in [0.3, 0.4) is 0 Å². The topological polar surface area (TPSA) is 62.3 Å². The van der Waals surface area contributed by atoms with Gasteiger partial charge in [0.2, 0.25) is 12.3 Å². The van der Waals surface area contributed by atoms with Gasteiger partial charge in [-0.15, -0.1) is 0 Å². The van der Waals surface area contributed by atoms with Crippen molar-refractivity contribution in [2.24, 2.45) is 0 Å². The molecule has 0 spiro atoms. The van der Waals surface area contributed by atoms with Crippen LogP contribution in [-0.2, 0) is 6.42 Å². The first-order valence-corrected chi connectivity index (χ1v) is 9.66. The van der Waals surface area contributed by atoms with E-state index < -0.39 is 0 Å². The Balaban J connectivity index is 2.00. The van der Waals surface area contributed by atoms with E-state index in [0.717, 1.165) is 29.0 Å². The summed E-state index contributed by atoms with van der Waals surface area (Å²) < 4.78 is 13.5. The van der Waals surface area contributed by atoms with E-state index in [4.69, 9.17) is 9.47 Å². The molecule has 0 bridgehead atoms. The minimum absolute atomic E-state index is 0.0513. The summed E-state index contributed by atoms with van der Waals surface area (Å²) in [6.07, 6.45) is 1.04. The molecule has 28 heavy (non-hydrogen) atoms. The molecule has 5 heteroatoms. The summed E-state index contributed by atoms with van der Waals surface area (Å²) in [6.45, 7) is 5.92. The van der Waals surface area contributed by atoms with Crippen LogP contribution in [0, 0.1) is 11.3 Å². The largest absolute Gasteiger partial charge is 0.490 e. The van der Waals surface area contributed by atoms with Crippen LogP contribution in [0.4, 0.5) is 0 Å². The molecule has 0 saturated carbocycles. The summed E-state index contributed by atoms with van der Waals surface area (Å²) in [7, 11) is 0. The maximum Gasteiger partial charge on any atom is 0.227 e. The van der Waals surface area contributed by atoms with Crippen molar-refractivity contribution in [3.05, 3.63) is 59.2 Å². The third kappa shape index (κ3) is 4.23. The standard InChI is InChI=1S/C23H25N2O3/c1-3-27-22-14-18-11-13-25(16-21(26)17-8-6-5-7-9-17)20(10-12-24)19(18)15-23(22)28-4-2/h5-9,14-15H,3-4,10-11,13,16H2,1-2H3/q+1. The third-order valence-corrected chi connectivity index (χ3v) is 4.79. The Labute approximate surface area is 165 Å². The molecule has 1 aliphatic rings. The van der Waals surface area contributed by atoms with Crippen molar-refractivity contribution in [3.63, 3.8) is 0 Å². The molecule has 5 nitrogen and oxygen atoms in total. The molecule has 0 amide bonds. The van der Waals surface area contributed by atoms with Crippen molar-refractivity contribution in [1.82, 2.24) is 0 Å². The predicted octanol–water partition coefficient (Wildman–Crippen LogP) is 3.64. The van der Waals surface area contributed by atoms with Gasteiger partial charge in [-0.3, -0.25) is 4.79 Å². The smallest absolute Gasteiger partial charge is 0.227 e. The number of Topliss-reactive ketones (excluding diaryl/α,β-unsaturated/α-hetero) is 1. The lowest BCUT2D eigenvalue weighted by atomic mass is 9.94. The Hall–Kier alpha value is -3.13. The van der Waals surface area contributed by atoms with Crippen molar-refractivity contribution in [2.75, 3.05) is 26.3 Å². The van der Waals surface area contributed by atoms with Crippen LogP contribution >= 0.6 is 0 Å². The first kappa shape index (κ1) is 19.6. The zero-order valence-electron chi connectivity index (χ0n) is 16.4. The lowest BCUT2D eigenvalue weighted by Gasteiger charge is -2.20. The quantitative estimate of drug-likeness (QED) is 0.520. The molecule has 0 saturated heterocycles. The van der Waals surface area contributed by atoms with Gasteiger partial charge in [0.05, 0.1) is 19.3 Å². The first-order valence-electron chi connectivity index (χ1n) is 9.66. The molecule has 0 aliphatic carbocycles. The van der Waals surface area contributed by atoms with Gasteiger partial charge in [0.1, 0.15) is 13.0 Å². The summed E-state index contributed by atoms with van der Waals surface area (Å²) in [5.41, 5.74) is 3.66. The second-order valence-corrected chi connectivity index (χ2v) is 6.56. The van der Waals surface area contributed by atoms with Crippen LogP contribution in [0.15, 0.2) is 42.5 Å². The van der Waals surface area contributed by atoms with E-state index in [1.54, 1.807) is 0 Å². The number of nitrogens with zero attached hydrogens (tertiary/aromatic N) is 2. The molecule has 0 N–H and O–H groups in total. The molecule has 0 aromatic heterocycles. The normalized spacial score (nSPS) is 12.9. The van der Waals surface area contributed by atoms with Gasteiger partial charge in [-0.1, -0.05) is 30.3 Å². The molecular weight excluding hydrogens is 352 g/mol. The predicted molar refractivity (Wildman–Crippen MR) is 108 cm³/mol. The monoisotopic (exact) mass is 377 g/mol. The highest BCUT2D eigenvalue weighted by Crippen LogP contribution is 2.33. The minimum atomic E-state index is 0.0513. The van der Waals surface area contributed by atoms with Gasteiger partial charge in [0.25, 0.3) is 0 Å². The maximum absolute atomic E-state index is 12.7. The molecule has 3 rings (SSSR count). The average molecular weight is 377 g/mol. The molecule has 2 aromatic carbocycles. The number of ether oxygens (including phenoxy) is 2. The second-order valence-electron chi connectivity index (χ2n) is 6.56. The van der Waals surface area contributed by atoms with Crippen molar-refractivity contribution >= 4 is 11.5 Å². The minimum Gasteiger partial charge on any atom is -0.490 e. The summed E-state index contributed by atoms with van der Waals surface area (Å²) in [5.74, 6) is 1.46. The highest BCUT2D eigenvalue weighted by atomic mass is 16.5. The van der Waals surface area contributed by atoms with Gasteiger partial charge in [0, 0.05) is 17.5 Å². The van der Waals surface area contributed by atoms with Crippen LogP contribution < -0.4 is 9.47 Å². The summed E-state index contributed by atoms with van der Waals surface area (Å²) >= 11 is 0. The van der Waals surface area contributed by atoms with E-state index in [-0.39, 0.29) is 18.7 Å². The van der Waals surface area contributed by atoms with Gasteiger partial charge in [0.15, 0.2) is 17.2 Å². The lowest BCUT2D eigenvalue weighted by Crippen LogP contribution is -2.34. The molecule has 1 heterocycles. The van der Waals surface area contributed by atoms with Crippen LogP contribution in [0.1, 0.15) is 41.8 Å². The van der Waals surface area contributed by atoms with E-state index in [2.05, 4.69) is 6.07 Å². The molecule has 0 atom stereocenters. The third-order valence-electron chi connectivity index (χ3n) is 4.79. The lowest BCUT2D eigenvalue weighted by molar-refractivity contribution is -0.516. The summed E-state index contributed by atoms with van der Waals surface area (Å²) in [6, 6.07) is 15.5. The van der Waals surface area contributed by atoms with Crippen molar-refractivity contribution in [3.8, 4) is 17.6 Å². The SMILES string of the molecule is CCOc1cc2c(cc1OCC)C(CC#N)=[N+](CC(=O)c1ccccc1)CC2. The number of hydrogen-bond donors (Lipinski definition) is 0.